The second-order valence-electron chi connectivity index (χ2n) is 6.99. The van der Waals surface area contributed by atoms with Gasteiger partial charge in [0.05, 0.1) is 7.11 Å². The monoisotopic (exact) mass is 300 g/mol. The molecule has 1 N–H and O–H groups in total. The van der Waals surface area contributed by atoms with Crippen LogP contribution in [0.5, 0.6) is 11.5 Å². The fraction of sp³-hybridized carbons (Fsp3) is 0.556. The molecule has 0 saturated heterocycles. The number of Topliss-reactive ketones (excluding diaryl/α,β-unsaturated/α-hetero) is 1. The highest BCUT2D eigenvalue weighted by Crippen LogP contribution is 2.56. The van der Waals surface area contributed by atoms with Crippen LogP contribution in [0.4, 0.5) is 0 Å². The van der Waals surface area contributed by atoms with Crippen molar-refractivity contribution in [1.29, 1.82) is 0 Å². The number of nitrogens with zero attached hydrogens (tertiary/aromatic N) is 1. The first-order valence-corrected chi connectivity index (χ1v) is 8.03. The molecular weight excluding hydrogens is 278 g/mol. The zero-order valence-electron chi connectivity index (χ0n) is 13.1. The van der Waals surface area contributed by atoms with Gasteiger partial charge in [-0.25, -0.2) is 4.58 Å². The van der Waals surface area contributed by atoms with Gasteiger partial charge in [-0.1, -0.05) is 6.07 Å². The SMILES string of the molecule is COc1ccc2c(c1O)[C@]13CC=[N+](C)C(C2)C1CCC(=O)C3. The van der Waals surface area contributed by atoms with Gasteiger partial charge in [-0.05, 0) is 18.1 Å². The van der Waals surface area contributed by atoms with Crippen LogP contribution in [0.2, 0.25) is 0 Å². The molecule has 1 aliphatic heterocycles. The van der Waals surface area contributed by atoms with Crippen LogP contribution in [0.1, 0.15) is 36.8 Å². The zero-order valence-corrected chi connectivity index (χ0v) is 13.1. The van der Waals surface area contributed by atoms with Gasteiger partial charge in [0.1, 0.15) is 19.0 Å². The number of carbonyl (C=O) groups is 1. The maximum absolute atomic E-state index is 12.2. The highest BCUT2D eigenvalue weighted by Gasteiger charge is 2.58. The molecular formula is C18H22NO3+. The lowest BCUT2D eigenvalue weighted by Crippen LogP contribution is -2.57. The molecule has 1 heterocycles. The number of phenolic OH excluding ortho intramolecular Hbond substituents is 1. The van der Waals surface area contributed by atoms with Crippen LogP contribution in [-0.4, -0.2) is 41.9 Å². The fourth-order valence-corrected chi connectivity index (χ4v) is 5.07. The van der Waals surface area contributed by atoms with Gasteiger partial charge in [-0.2, -0.15) is 0 Å². The summed E-state index contributed by atoms with van der Waals surface area (Å²) in [6, 6.07) is 4.34. The number of benzene rings is 1. The van der Waals surface area contributed by atoms with E-state index in [0.717, 1.165) is 24.8 Å². The maximum atomic E-state index is 12.2. The summed E-state index contributed by atoms with van der Waals surface area (Å²) < 4.78 is 7.64. The second-order valence-corrected chi connectivity index (χ2v) is 6.99. The topological polar surface area (TPSA) is 49.5 Å². The van der Waals surface area contributed by atoms with Crippen LogP contribution in [0.3, 0.4) is 0 Å². The molecule has 4 heteroatoms. The van der Waals surface area contributed by atoms with Gasteiger partial charge >= 0.3 is 0 Å². The molecule has 2 unspecified atom stereocenters. The third kappa shape index (κ3) is 1.64. The Labute approximate surface area is 130 Å². The number of likely N-dealkylation sites (N-methyl/N-ethyl adjacent to an activating group) is 1. The van der Waals surface area contributed by atoms with Crippen molar-refractivity contribution in [1.82, 2.24) is 0 Å². The summed E-state index contributed by atoms with van der Waals surface area (Å²) in [6.45, 7) is 0. The van der Waals surface area contributed by atoms with Crippen LogP contribution in [0.15, 0.2) is 12.1 Å². The van der Waals surface area contributed by atoms with E-state index in [1.807, 2.05) is 6.07 Å². The van der Waals surface area contributed by atoms with E-state index in [2.05, 4.69) is 23.9 Å². The van der Waals surface area contributed by atoms with Gasteiger partial charge in [-0.3, -0.25) is 4.79 Å². The molecule has 1 aromatic carbocycles. The van der Waals surface area contributed by atoms with E-state index >= 15 is 0 Å². The molecule has 3 atom stereocenters. The summed E-state index contributed by atoms with van der Waals surface area (Å²) >= 11 is 0. The van der Waals surface area contributed by atoms with Crippen LogP contribution in [-0.2, 0) is 16.6 Å². The van der Waals surface area contributed by atoms with E-state index in [1.165, 1.54) is 5.56 Å². The van der Waals surface area contributed by atoms with Gasteiger partial charge in [0, 0.05) is 42.6 Å². The number of aromatic hydroxyl groups is 1. The number of fused-ring (bicyclic) bond motifs is 1. The number of methoxy groups -OCH3 is 1. The second kappa shape index (κ2) is 4.58. The summed E-state index contributed by atoms with van der Waals surface area (Å²) in [5, 5.41) is 10.8. The molecule has 0 radical (unpaired) electrons. The largest absolute Gasteiger partial charge is 0.504 e. The normalized spacial score (nSPS) is 32.8. The molecule has 0 spiro atoms. The Kier molecular flexibility index (Phi) is 2.87. The predicted molar refractivity (Wildman–Crippen MR) is 83.0 cm³/mol. The zero-order chi connectivity index (χ0) is 15.5. The fourth-order valence-electron chi connectivity index (χ4n) is 5.07. The van der Waals surface area contributed by atoms with Gasteiger partial charge < -0.3 is 9.84 Å². The maximum Gasteiger partial charge on any atom is 0.161 e. The minimum Gasteiger partial charge on any atom is -0.504 e. The van der Waals surface area contributed by atoms with Crippen molar-refractivity contribution in [2.45, 2.75) is 43.6 Å². The molecule has 2 bridgehead atoms. The Morgan fingerprint density at radius 2 is 2.23 bits per heavy atom. The van der Waals surface area contributed by atoms with Crippen molar-refractivity contribution < 1.29 is 19.2 Å². The summed E-state index contributed by atoms with van der Waals surface area (Å²) in [5.74, 6) is 1.52. The molecule has 1 saturated carbocycles. The summed E-state index contributed by atoms with van der Waals surface area (Å²) in [6.07, 6.45) is 6.12. The number of hydrogen-bond donors (Lipinski definition) is 1. The van der Waals surface area contributed by atoms with Crippen LogP contribution < -0.4 is 4.74 Å². The third-order valence-electron chi connectivity index (χ3n) is 6.06. The lowest BCUT2D eigenvalue weighted by Gasteiger charge is -2.51. The number of phenols is 1. The van der Waals surface area contributed by atoms with E-state index in [4.69, 9.17) is 4.74 Å². The van der Waals surface area contributed by atoms with Crippen molar-refractivity contribution >= 4 is 12.0 Å². The number of ketones is 1. The number of hydrogen-bond acceptors (Lipinski definition) is 3. The molecule has 3 aliphatic rings. The van der Waals surface area contributed by atoms with E-state index in [1.54, 1.807) is 7.11 Å². The van der Waals surface area contributed by atoms with Crippen molar-refractivity contribution in [3.05, 3.63) is 23.3 Å². The lowest BCUT2D eigenvalue weighted by molar-refractivity contribution is -0.554. The first kappa shape index (κ1) is 13.8. The molecule has 22 heavy (non-hydrogen) atoms. The van der Waals surface area contributed by atoms with Gasteiger partial charge in [0.25, 0.3) is 0 Å². The molecule has 4 rings (SSSR count). The van der Waals surface area contributed by atoms with Gasteiger partial charge in [0.15, 0.2) is 17.5 Å². The minimum absolute atomic E-state index is 0.237. The highest BCUT2D eigenvalue weighted by atomic mass is 16.5. The molecule has 4 nitrogen and oxygen atoms in total. The van der Waals surface area contributed by atoms with Crippen LogP contribution in [0.25, 0.3) is 0 Å². The smallest absolute Gasteiger partial charge is 0.161 e. The van der Waals surface area contributed by atoms with E-state index in [0.29, 0.717) is 36.3 Å². The highest BCUT2D eigenvalue weighted by molar-refractivity contribution is 5.83. The average molecular weight is 300 g/mol. The molecule has 116 valence electrons. The van der Waals surface area contributed by atoms with Crippen LogP contribution in [0, 0.1) is 5.92 Å². The van der Waals surface area contributed by atoms with Crippen molar-refractivity contribution in [3.8, 4) is 11.5 Å². The Hall–Kier alpha value is -1.84. The average Bonchev–Trinajstić information content (AvgIpc) is 2.50. The van der Waals surface area contributed by atoms with Crippen molar-refractivity contribution in [2.75, 3.05) is 14.2 Å². The minimum atomic E-state index is -0.237. The Balaban J connectivity index is 1.98. The number of ether oxygens (including phenoxy) is 1. The first-order chi connectivity index (χ1) is 10.6. The number of carbonyl (C=O) groups excluding carboxylic acids is 1. The molecule has 2 aliphatic carbocycles. The van der Waals surface area contributed by atoms with Crippen molar-refractivity contribution in [2.24, 2.45) is 5.92 Å². The van der Waals surface area contributed by atoms with Crippen LogP contribution >= 0.6 is 0 Å². The standard InChI is InChI=1S/C18H21NO3/c1-19-8-7-18-10-12(20)4-5-13(18)14(19)9-11-3-6-15(22-2)17(21)16(11)18/h3,6,8,13-14H,4-5,7,9-10H2,1-2H3/p+1/t13?,14?,18-/m0/s1. The van der Waals surface area contributed by atoms with E-state index < -0.39 is 0 Å². The first-order valence-electron chi connectivity index (χ1n) is 8.03. The van der Waals surface area contributed by atoms with Gasteiger partial charge in [0.2, 0.25) is 0 Å². The predicted octanol–water partition coefficient (Wildman–Crippen LogP) is 2.05. The quantitative estimate of drug-likeness (QED) is 0.808. The molecule has 1 aromatic rings. The Morgan fingerprint density at radius 1 is 1.41 bits per heavy atom. The molecule has 0 amide bonds. The summed E-state index contributed by atoms with van der Waals surface area (Å²) in [7, 11) is 3.72. The Morgan fingerprint density at radius 3 is 3.00 bits per heavy atom. The van der Waals surface area contributed by atoms with Crippen molar-refractivity contribution in [3.63, 3.8) is 0 Å². The van der Waals surface area contributed by atoms with E-state index in [9.17, 15) is 9.90 Å². The van der Waals surface area contributed by atoms with Gasteiger partial charge in [-0.15, -0.1) is 0 Å². The van der Waals surface area contributed by atoms with E-state index in [-0.39, 0.29) is 11.2 Å². The molecule has 1 fully saturated rings. The molecule has 0 aromatic heterocycles. The Bertz CT molecular complexity index is 694. The summed E-state index contributed by atoms with van der Waals surface area (Å²) in [4.78, 5) is 12.2. The lowest BCUT2D eigenvalue weighted by atomic mass is 9.52. The summed E-state index contributed by atoms with van der Waals surface area (Å²) in [5.41, 5.74) is 1.92. The third-order valence-corrected chi connectivity index (χ3v) is 6.06. The number of rotatable bonds is 1.